The van der Waals surface area contributed by atoms with Crippen molar-refractivity contribution < 1.29 is 15.0 Å². The van der Waals surface area contributed by atoms with Gasteiger partial charge in [0.05, 0.1) is 0 Å². The lowest BCUT2D eigenvalue weighted by atomic mass is 10.1. The van der Waals surface area contributed by atoms with Crippen molar-refractivity contribution in [2.75, 3.05) is 0 Å². The molecule has 0 aromatic heterocycles. The van der Waals surface area contributed by atoms with Crippen molar-refractivity contribution in [3.05, 3.63) is 64.1 Å². The van der Waals surface area contributed by atoms with Crippen molar-refractivity contribution in [3.63, 3.8) is 0 Å². The quantitative estimate of drug-likeness (QED) is 0.749. The topological polar surface area (TPSA) is 69.6 Å². The fraction of sp³-hybridized carbons (Fsp3) is 0.188. The molecular formula is C16H16BrNO3. The van der Waals surface area contributed by atoms with Gasteiger partial charge in [0.2, 0.25) is 0 Å². The monoisotopic (exact) mass is 349 g/mol. The summed E-state index contributed by atoms with van der Waals surface area (Å²) in [5.74, 6) is -0.761. The number of phenolic OH excluding ortho intramolecular Hbond substituents is 1. The van der Waals surface area contributed by atoms with E-state index in [4.69, 9.17) is 0 Å². The predicted molar refractivity (Wildman–Crippen MR) is 84.2 cm³/mol. The summed E-state index contributed by atoms with van der Waals surface area (Å²) < 4.78 is 0.840. The standard InChI is InChI=1S/C16H16BrNO3/c17-13-6-7-15(19)12(9-13)10-18-14(16(20)21)8-11-4-2-1-3-5-11/h1-7,9,14,18-19H,8,10H2,(H,20,21). The first-order chi connectivity index (χ1) is 10.1. The van der Waals surface area contributed by atoms with E-state index in [0.29, 0.717) is 12.0 Å². The third-order valence-corrected chi connectivity index (χ3v) is 3.65. The zero-order chi connectivity index (χ0) is 15.2. The maximum absolute atomic E-state index is 11.3. The normalized spacial score (nSPS) is 12.0. The van der Waals surface area contributed by atoms with E-state index in [-0.39, 0.29) is 12.3 Å². The first-order valence-electron chi connectivity index (χ1n) is 6.54. The van der Waals surface area contributed by atoms with Crippen molar-refractivity contribution in [1.29, 1.82) is 0 Å². The Kier molecular flexibility index (Phi) is 5.36. The van der Waals surface area contributed by atoms with Crippen LogP contribution in [0.2, 0.25) is 0 Å². The minimum absolute atomic E-state index is 0.148. The highest BCUT2D eigenvalue weighted by atomic mass is 79.9. The highest BCUT2D eigenvalue weighted by molar-refractivity contribution is 9.10. The molecule has 0 heterocycles. The van der Waals surface area contributed by atoms with Crippen LogP contribution >= 0.6 is 15.9 Å². The van der Waals surface area contributed by atoms with Gasteiger partial charge in [0, 0.05) is 16.6 Å². The molecule has 0 radical (unpaired) electrons. The number of halogens is 1. The molecule has 0 bridgehead atoms. The number of hydrogen-bond acceptors (Lipinski definition) is 3. The Bertz CT molecular complexity index is 616. The number of carboxylic acid groups (broad SMARTS) is 1. The zero-order valence-electron chi connectivity index (χ0n) is 11.3. The van der Waals surface area contributed by atoms with Crippen LogP contribution in [0, 0.1) is 0 Å². The summed E-state index contributed by atoms with van der Waals surface area (Å²) in [5.41, 5.74) is 1.61. The van der Waals surface area contributed by atoms with Crippen LogP contribution in [0.1, 0.15) is 11.1 Å². The van der Waals surface area contributed by atoms with Gasteiger partial charge in [-0.25, -0.2) is 0 Å². The van der Waals surface area contributed by atoms with E-state index in [2.05, 4.69) is 21.2 Å². The second kappa shape index (κ2) is 7.24. The van der Waals surface area contributed by atoms with Gasteiger partial charge in [0.25, 0.3) is 0 Å². The number of carbonyl (C=O) groups is 1. The molecule has 0 aliphatic rings. The molecule has 2 aromatic carbocycles. The van der Waals surface area contributed by atoms with E-state index in [1.165, 1.54) is 0 Å². The molecule has 0 aliphatic carbocycles. The van der Waals surface area contributed by atoms with Gasteiger partial charge >= 0.3 is 5.97 Å². The van der Waals surface area contributed by atoms with Gasteiger partial charge in [-0.05, 0) is 30.2 Å². The van der Waals surface area contributed by atoms with E-state index in [1.54, 1.807) is 18.2 Å². The van der Waals surface area contributed by atoms with E-state index in [9.17, 15) is 15.0 Å². The van der Waals surface area contributed by atoms with Gasteiger partial charge in [-0.2, -0.15) is 0 Å². The number of aliphatic carboxylic acids is 1. The summed E-state index contributed by atoms with van der Waals surface area (Å²) in [6.45, 7) is 0.287. The Morgan fingerprint density at radius 3 is 2.57 bits per heavy atom. The lowest BCUT2D eigenvalue weighted by molar-refractivity contribution is -0.139. The van der Waals surface area contributed by atoms with Gasteiger partial charge in [-0.1, -0.05) is 46.3 Å². The predicted octanol–water partition coefficient (Wildman–Crippen LogP) is 2.94. The average Bonchev–Trinajstić information content (AvgIpc) is 2.47. The minimum atomic E-state index is -0.909. The van der Waals surface area contributed by atoms with Crippen LogP contribution in [0.5, 0.6) is 5.75 Å². The summed E-state index contributed by atoms with van der Waals surface area (Å²) in [5, 5.41) is 22.0. The third kappa shape index (κ3) is 4.58. The molecule has 0 saturated carbocycles. The van der Waals surface area contributed by atoms with Crippen molar-refractivity contribution in [1.82, 2.24) is 5.32 Å². The maximum atomic E-state index is 11.3. The second-order valence-electron chi connectivity index (χ2n) is 4.73. The molecule has 0 saturated heterocycles. The number of aromatic hydroxyl groups is 1. The molecule has 5 heteroatoms. The SMILES string of the molecule is O=C(O)C(Cc1ccccc1)NCc1cc(Br)ccc1O. The van der Waals surface area contributed by atoms with Gasteiger partial charge < -0.3 is 10.2 Å². The molecule has 4 nitrogen and oxygen atoms in total. The summed E-state index contributed by atoms with van der Waals surface area (Å²) in [6.07, 6.45) is 0.394. The minimum Gasteiger partial charge on any atom is -0.508 e. The molecule has 2 rings (SSSR count). The van der Waals surface area contributed by atoms with Crippen LogP contribution in [0.25, 0.3) is 0 Å². The molecule has 2 aromatic rings. The van der Waals surface area contributed by atoms with Crippen LogP contribution in [-0.4, -0.2) is 22.2 Å². The highest BCUT2D eigenvalue weighted by Crippen LogP contribution is 2.21. The average molecular weight is 350 g/mol. The van der Waals surface area contributed by atoms with Crippen LogP contribution in [0.15, 0.2) is 53.0 Å². The lowest BCUT2D eigenvalue weighted by Gasteiger charge is -2.15. The van der Waals surface area contributed by atoms with E-state index in [0.717, 1.165) is 10.0 Å². The Morgan fingerprint density at radius 2 is 1.90 bits per heavy atom. The van der Waals surface area contributed by atoms with Crippen molar-refractivity contribution in [2.24, 2.45) is 0 Å². The molecule has 110 valence electrons. The third-order valence-electron chi connectivity index (χ3n) is 3.16. The van der Waals surface area contributed by atoms with Crippen molar-refractivity contribution in [3.8, 4) is 5.75 Å². The summed E-state index contributed by atoms with van der Waals surface area (Å²) in [6, 6.07) is 13.8. The molecule has 0 spiro atoms. The Labute approximate surface area is 131 Å². The number of rotatable bonds is 6. The smallest absolute Gasteiger partial charge is 0.321 e. The van der Waals surface area contributed by atoms with E-state index < -0.39 is 12.0 Å². The van der Waals surface area contributed by atoms with Crippen molar-refractivity contribution in [2.45, 2.75) is 19.0 Å². The Balaban J connectivity index is 2.03. The number of carboxylic acids is 1. The second-order valence-corrected chi connectivity index (χ2v) is 5.65. The van der Waals surface area contributed by atoms with Gasteiger partial charge in [0.15, 0.2) is 0 Å². The fourth-order valence-corrected chi connectivity index (χ4v) is 2.43. The lowest BCUT2D eigenvalue weighted by Crippen LogP contribution is -2.38. The van der Waals surface area contributed by atoms with Crippen LogP contribution < -0.4 is 5.32 Å². The summed E-state index contributed by atoms with van der Waals surface area (Å²) in [7, 11) is 0. The van der Waals surface area contributed by atoms with Gasteiger partial charge in [0.1, 0.15) is 11.8 Å². The first-order valence-corrected chi connectivity index (χ1v) is 7.33. The molecule has 21 heavy (non-hydrogen) atoms. The van der Waals surface area contributed by atoms with Crippen LogP contribution in [0.3, 0.4) is 0 Å². The molecule has 1 atom stereocenters. The summed E-state index contributed by atoms with van der Waals surface area (Å²) >= 11 is 3.33. The molecule has 1 unspecified atom stereocenters. The van der Waals surface area contributed by atoms with E-state index >= 15 is 0 Å². The highest BCUT2D eigenvalue weighted by Gasteiger charge is 2.17. The number of benzene rings is 2. The van der Waals surface area contributed by atoms with Gasteiger partial charge in [-0.3, -0.25) is 10.1 Å². The zero-order valence-corrected chi connectivity index (χ0v) is 12.9. The largest absolute Gasteiger partial charge is 0.508 e. The maximum Gasteiger partial charge on any atom is 0.321 e. The number of phenols is 1. The van der Waals surface area contributed by atoms with Crippen LogP contribution in [0.4, 0.5) is 0 Å². The fourth-order valence-electron chi connectivity index (χ4n) is 2.03. The number of hydrogen-bond donors (Lipinski definition) is 3. The Morgan fingerprint density at radius 1 is 1.19 bits per heavy atom. The summed E-state index contributed by atoms with van der Waals surface area (Å²) in [4.78, 5) is 11.3. The Hall–Kier alpha value is -1.85. The molecule has 0 amide bonds. The molecule has 0 fully saturated rings. The molecule has 3 N–H and O–H groups in total. The van der Waals surface area contributed by atoms with E-state index in [1.807, 2.05) is 30.3 Å². The molecule has 0 aliphatic heterocycles. The van der Waals surface area contributed by atoms with Crippen LogP contribution in [-0.2, 0) is 17.8 Å². The number of nitrogens with one attached hydrogen (secondary N) is 1. The molecular weight excluding hydrogens is 334 g/mol. The van der Waals surface area contributed by atoms with Gasteiger partial charge in [-0.15, -0.1) is 0 Å². The first kappa shape index (κ1) is 15.5. The van der Waals surface area contributed by atoms with Crippen molar-refractivity contribution >= 4 is 21.9 Å².